The van der Waals surface area contributed by atoms with Gasteiger partial charge in [0, 0.05) is 56.2 Å². The second-order valence-corrected chi connectivity index (χ2v) is 22.6. The summed E-state index contributed by atoms with van der Waals surface area (Å²) in [5.41, 5.74) is 11.7. The lowest BCUT2D eigenvalue weighted by Gasteiger charge is -2.27. The molecule has 1 heterocycles. The van der Waals surface area contributed by atoms with E-state index < -0.39 is 121 Å². The molecule has 1 saturated heterocycles. The molecule has 1 fully saturated rings. The number of carbonyl (C=O) groups excluding carboxylic acids is 13. The Balaban J connectivity index is 1.72. The number of thioether (sulfide) groups is 1. The number of hydrogen-bond donors (Lipinski definition) is 13. The number of amides is 12. The number of carbonyl (C=O) groups is 13. The molecule has 93 heavy (non-hydrogen) atoms. The van der Waals surface area contributed by atoms with Gasteiger partial charge in [-0.2, -0.15) is 24.4 Å². The van der Waals surface area contributed by atoms with Gasteiger partial charge in [-0.1, -0.05) is 38.1 Å². The van der Waals surface area contributed by atoms with Crippen LogP contribution in [0.2, 0.25) is 0 Å². The van der Waals surface area contributed by atoms with Crippen molar-refractivity contribution in [3.05, 3.63) is 35.4 Å². The van der Waals surface area contributed by atoms with E-state index in [1.165, 1.54) is 30.5 Å². The molecule has 12 amide bonds. The zero-order chi connectivity index (χ0) is 68.9. The number of ether oxygens (including phenoxy) is 7. The number of Topliss-reactive ketones (excluding diaryl/α,β-unsaturated/α-hetero) is 1. The number of rotatable bonds is 51. The second kappa shape index (κ2) is 48.6. The first-order valence-corrected chi connectivity index (χ1v) is 32.4. The number of primary amides is 1. The van der Waals surface area contributed by atoms with E-state index in [0.29, 0.717) is 37.1 Å². The molecule has 0 radical (unpaired) electrons. The largest absolute Gasteiger partial charge is 0.378 e. The lowest BCUT2D eigenvalue weighted by Crippen LogP contribution is -2.56. The average molecular weight is 1360 g/mol. The number of thiol groups is 1. The molecular formula is C58H95N13O20S2. The standard InChI is InChI=1S/C58H95N13O20S2/c1-37(2)27-42(70-58(84)46-7-6-16-71(46)52(78)34-88-20-15-63-55(81)43(28-40-8-10-41(11-9-40)39(4)72)67-50(76)32-90-24-21-85-17-12-59)56(82)65-30-48(74)69-45(36-93-5)57(83)66-38(3)54(80)64-29-47(73)61-13-18-86-22-25-89-31-49(75)62-14-19-87-23-26-91-33-51(77)68-44(35-92)53(60)79/h8-11,37-38,42-46,92H,6-7,12-36,59H2,1-5H3,(H2,60,79)(H,61,73)(H,62,75)(H,63,81)(H,64,80)(H,65,82)(H,66,83)(H,67,76)(H,68,77)(H,69,74)(H,70,84)/t38-,42-,43-,44+,45-,46-/m0/s1. The molecule has 14 N–H and O–H groups in total. The number of nitrogens with zero attached hydrogens (tertiary/aromatic N) is 1. The molecular weight excluding hydrogens is 1260 g/mol. The first-order chi connectivity index (χ1) is 44.5. The van der Waals surface area contributed by atoms with Crippen molar-refractivity contribution in [3.8, 4) is 0 Å². The van der Waals surface area contributed by atoms with E-state index in [0.717, 1.165) is 0 Å². The van der Waals surface area contributed by atoms with Crippen LogP contribution >= 0.6 is 24.4 Å². The average Bonchev–Trinajstić information content (AvgIpc) is 3.10. The smallest absolute Gasteiger partial charge is 0.249 e. The van der Waals surface area contributed by atoms with Crippen molar-refractivity contribution >= 4 is 101 Å². The summed E-state index contributed by atoms with van der Waals surface area (Å²) in [5, 5.41) is 25.6. The van der Waals surface area contributed by atoms with Crippen molar-refractivity contribution in [2.45, 2.75) is 89.6 Å². The Labute approximate surface area is 551 Å². The Bertz CT molecular complexity index is 2540. The van der Waals surface area contributed by atoms with Gasteiger partial charge in [-0.15, -0.1) is 0 Å². The minimum atomic E-state index is -1.14. The quantitative estimate of drug-likeness (QED) is 0.0164. The Hall–Kier alpha value is -7.09. The molecule has 1 aliphatic rings. The van der Waals surface area contributed by atoms with Crippen LogP contribution in [-0.2, 0) is 97.1 Å². The van der Waals surface area contributed by atoms with Gasteiger partial charge in [0.2, 0.25) is 70.9 Å². The lowest BCUT2D eigenvalue weighted by molar-refractivity contribution is -0.142. The summed E-state index contributed by atoms with van der Waals surface area (Å²) in [6.07, 6.45) is 2.74. The highest BCUT2D eigenvalue weighted by Gasteiger charge is 2.36. The summed E-state index contributed by atoms with van der Waals surface area (Å²) in [4.78, 5) is 166. The number of nitrogens with two attached hydrogens (primary N) is 2. The summed E-state index contributed by atoms with van der Waals surface area (Å²) in [6.45, 7) is 6.34. The van der Waals surface area contributed by atoms with E-state index in [9.17, 15) is 62.3 Å². The number of hydrogen-bond acceptors (Lipinski definition) is 23. The van der Waals surface area contributed by atoms with Crippen LogP contribution in [0.4, 0.5) is 0 Å². The van der Waals surface area contributed by atoms with Crippen LogP contribution in [-0.4, -0.2) is 274 Å². The summed E-state index contributed by atoms with van der Waals surface area (Å²) in [7, 11) is 0. The molecule has 35 heteroatoms. The van der Waals surface area contributed by atoms with Crippen molar-refractivity contribution in [1.29, 1.82) is 0 Å². The molecule has 0 aliphatic carbocycles. The van der Waals surface area contributed by atoms with Crippen LogP contribution in [0.15, 0.2) is 24.3 Å². The molecule has 1 aliphatic heterocycles. The highest BCUT2D eigenvalue weighted by molar-refractivity contribution is 7.98. The van der Waals surface area contributed by atoms with Crippen LogP contribution in [0.1, 0.15) is 62.9 Å². The van der Waals surface area contributed by atoms with Gasteiger partial charge in [0.1, 0.15) is 62.7 Å². The Morgan fingerprint density at radius 2 is 1.06 bits per heavy atom. The minimum absolute atomic E-state index is 0.0401. The van der Waals surface area contributed by atoms with E-state index in [1.807, 2.05) is 13.8 Å². The Kier molecular flexibility index (Phi) is 42.9. The number of likely N-dealkylation sites (tertiary alicyclic amines) is 1. The highest BCUT2D eigenvalue weighted by atomic mass is 32.2. The Morgan fingerprint density at radius 3 is 1.63 bits per heavy atom. The van der Waals surface area contributed by atoms with Gasteiger partial charge >= 0.3 is 0 Å². The molecule has 33 nitrogen and oxygen atoms in total. The van der Waals surface area contributed by atoms with Crippen molar-refractivity contribution in [2.24, 2.45) is 17.4 Å². The van der Waals surface area contributed by atoms with Crippen LogP contribution in [0, 0.1) is 5.92 Å². The fourth-order valence-corrected chi connectivity index (χ4v) is 9.22. The molecule has 1 aromatic rings. The number of ketones is 1. The van der Waals surface area contributed by atoms with E-state index in [1.54, 1.807) is 30.5 Å². The maximum atomic E-state index is 13.7. The van der Waals surface area contributed by atoms with Crippen molar-refractivity contribution < 1.29 is 95.5 Å². The van der Waals surface area contributed by atoms with Crippen LogP contribution in [0.25, 0.3) is 0 Å². The van der Waals surface area contributed by atoms with Gasteiger partial charge in [0.05, 0.1) is 79.2 Å². The topological polar surface area (TPSA) is 462 Å². The van der Waals surface area contributed by atoms with Crippen molar-refractivity contribution in [2.75, 3.05) is 156 Å². The first-order valence-electron chi connectivity index (χ1n) is 30.4. The van der Waals surface area contributed by atoms with Crippen LogP contribution in [0.3, 0.4) is 0 Å². The summed E-state index contributed by atoms with van der Waals surface area (Å²) >= 11 is 5.17. The fourth-order valence-electron chi connectivity index (χ4n) is 8.38. The van der Waals surface area contributed by atoms with E-state index in [4.69, 9.17) is 44.6 Å². The molecule has 2 rings (SSSR count). The third-order valence-electron chi connectivity index (χ3n) is 13.1. The van der Waals surface area contributed by atoms with Gasteiger partial charge in [0.15, 0.2) is 5.78 Å². The van der Waals surface area contributed by atoms with Crippen molar-refractivity contribution in [1.82, 2.24) is 58.1 Å². The molecule has 1 aromatic carbocycles. The Morgan fingerprint density at radius 1 is 0.559 bits per heavy atom. The highest BCUT2D eigenvalue weighted by Crippen LogP contribution is 2.19. The fraction of sp³-hybridized carbons (Fsp3) is 0.672. The molecule has 0 aromatic heterocycles. The molecule has 524 valence electrons. The van der Waals surface area contributed by atoms with E-state index in [2.05, 4.69) is 65.8 Å². The zero-order valence-electron chi connectivity index (χ0n) is 53.6. The first kappa shape index (κ1) is 82.0. The van der Waals surface area contributed by atoms with Crippen LogP contribution in [0.5, 0.6) is 0 Å². The maximum absolute atomic E-state index is 13.7. The molecule has 0 saturated carbocycles. The summed E-state index contributed by atoms with van der Waals surface area (Å²) < 4.78 is 37.3. The van der Waals surface area contributed by atoms with Crippen LogP contribution < -0.4 is 64.6 Å². The predicted molar refractivity (Wildman–Crippen MR) is 341 cm³/mol. The molecule has 0 spiro atoms. The van der Waals surface area contributed by atoms with E-state index >= 15 is 0 Å². The van der Waals surface area contributed by atoms with Crippen molar-refractivity contribution in [3.63, 3.8) is 0 Å². The predicted octanol–water partition coefficient (Wildman–Crippen LogP) is -5.65. The normalized spacial score (nSPS) is 14.3. The van der Waals surface area contributed by atoms with E-state index in [-0.39, 0.29) is 147 Å². The summed E-state index contributed by atoms with van der Waals surface area (Å²) in [6, 6.07) is 0.375. The van der Waals surface area contributed by atoms with Gasteiger partial charge in [-0.3, -0.25) is 62.3 Å². The second-order valence-electron chi connectivity index (χ2n) is 21.3. The SMILES string of the molecule is CSC[C@H](NC(=O)CNC(=O)[C@H](CC(C)C)NC(=O)[C@@H]1CCCN1C(=O)COCCNC(=O)[C@H](Cc1ccc(C(C)=O)cc1)NC(=O)COCCOCCN)C(=O)N[C@@H](C)C(=O)NCC(=O)NCCOCCOCC(=O)NCCOCCOCC(=O)N[C@H](CS)C(N)=O. The lowest BCUT2D eigenvalue weighted by atomic mass is 10.0. The summed E-state index contributed by atoms with van der Waals surface area (Å²) in [5.74, 6) is -7.27. The third-order valence-corrected chi connectivity index (χ3v) is 14.1. The minimum Gasteiger partial charge on any atom is -0.378 e. The number of benzene rings is 1. The van der Waals surface area contributed by atoms with Gasteiger partial charge in [-0.25, -0.2) is 0 Å². The van der Waals surface area contributed by atoms with Gasteiger partial charge < -0.3 is 103 Å². The monoisotopic (exact) mass is 1360 g/mol. The van der Waals surface area contributed by atoms with Gasteiger partial charge in [-0.05, 0) is 50.8 Å². The third kappa shape index (κ3) is 36.8. The molecule has 6 atom stereocenters. The molecule has 0 bridgehead atoms. The maximum Gasteiger partial charge on any atom is 0.249 e. The zero-order valence-corrected chi connectivity index (χ0v) is 55.3. The molecule has 0 unspecified atom stereocenters. The number of nitrogens with one attached hydrogen (secondary N) is 10. The van der Waals surface area contributed by atoms with Gasteiger partial charge in [0.25, 0.3) is 0 Å².